The van der Waals surface area contributed by atoms with Crippen molar-refractivity contribution in [3.63, 3.8) is 0 Å². The van der Waals surface area contributed by atoms with E-state index in [0.717, 1.165) is 35.8 Å². The number of nitrogens with zero attached hydrogens (tertiary/aromatic N) is 3. The highest BCUT2D eigenvalue weighted by atomic mass is 35.5. The Bertz CT molecular complexity index is 672. The Labute approximate surface area is 127 Å². The van der Waals surface area contributed by atoms with Gasteiger partial charge in [0.05, 0.1) is 11.9 Å². The molecule has 3 rings (SSSR count). The van der Waals surface area contributed by atoms with E-state index >= 15 is 0 Å². The van der Waals surface area contributed by atoms with Gasteiger partial charge in [0, 0.05) is 30.2 Å². The summed E-state index contributed by atoms with van der Waals surface area (Å²) in [5, 5.41) is 0.733. The fourth-order valence-electron chi connectivity index (χ4n) is 2.39. The highest BCUT2D eigenvalue weighted by Gasteiger charge is 2.20. The molecule has 1 aromatic heterocycles. The fraction of sp³-hybridized carbons (Fsp3) is 0.267. The van der Waals surface area contributed by atoms with Gasteiger partial charge < -0.3 is 5.73 Å². The van der Waals surface area contributed by atoms with Gasteiger partial charge in [-0.1, -0.05) is 23.7 Å². The minimum absolute atomic E-state index is 0.0297. The van der Waals surface area contributed by atoms with Gasteiger partial charge in [0.25, 0.3) is 5.91 Å². The van der Waals surface area contributed by atoms with Gasteiger partial charge in [-0.3, -0.25) is 9.69 Å². The Balaban J connectivity index is 1.75. The van der Waals surface area contributed by atoms with E-state index in [0.29, 0.717) is 6.54 Å². The number of fused-ring (bicyclic) bond motifs is 1. The number of aromatic nitrogens is 2. The summed E-state index contributed by atoms with van der Waals surface area (Å²) in [6, 6.07) is 7.80. The molecule has 6 heteroatoms. The number of halogens is 1. The number of amides is 1. The van der Waals surface area contributed by atoms with Crippen LogP contribution >= 0.6 is 11.6 Å². The third-order valence-corrected chi connectivity index (χ3v) is 3.73. The van der Waals surface area contributed by atoms with Gasteiger partial charge in [-0.05, 0) is 24.1 Å². The molecule has 2 aromatic rings. The van der Waals surface area contributed by atoms with E-state index in [-0.39, 0.29) is 5.82 Å². The van der Waals surface area contributed by atoms with Gasteiger partial charge in [0.15, 0.2) is 0 Å². The molecule has 0 saturated carbocycles. The number of nitrogens with two attached hydrogens (primary N) is 1. The van der Waals surface area contributed by atoms with E-state index in [1.807, 2.05) is 24.3 Å². The van der Waals surface area contributed by atoms with Crippen molar-refractivity contribution in [3.8, 4) is 0 Å². The van der Waals surface area contributed by atoms with Crippen LogP contribution in [0.15, 0.2) is 24.3 Å². The van der Waals surface area contributed by atoms with Crippen LogP contribution < -0.4 is 5.73 Å². The first kappa shape index (κ1) is 14.0. The molecule has 1 aliphatic rings. The minimum Gasteiger partial charge on any atom is -0.363 e. The summed E-state index contributed by atoms with van der Waals surface area (Å²) in [6.07, 6.45) is 3.69. The van der Waals surface area contributed by atoms with Gasteiger partial charge in [0.2, 0.25) is 5.82 Å². The molecule has 107 valence electrons. The highest BCUT2D eigenvalue weighted by Crippen LogP contribution is 2.19. The summed E-state index contributed by atoms with van der Waals surface area (Å²) in [5.41, 5.74) is 8.20. The zero-order chi connectivity index (χ0) is 14.8. The predicted molar refractivity (Wildman–Crippen MR) is 78.7 cm³/mol. The number of carbonyl (C=O) groups excluding carboxylic acids is 1. The number of hydrogen-bond acceptors (Lipinski definition) is 4. The molecule has 1 radical (unpaired) electrons. The van der Waals surface area contributed by atoms with E-state index in [2.05, 4.69) is 21.1 Å². The second-order valence-corrected chi connectivity index (χ2v) is 5.47. The van der Waals surface area contributed by atoms with Crippen molar-refractivity contribution in [1.82, 2.24) is 14.9 Å². The van der Waals surface area contributed by atoms with Gasteiger partial charge >= 0.3 is 0 Å². The number of carbonyl (C=O) groups is 1. The quantitative estimate of drug-likeness (QED) is 0.934. The smallest absolute Gasteiger partial charge is 0.286 e. The maximum absolute atomic E-state index is 11.1. The summed E-state index contributed by atoms with van der Waals surface area (Å²) < 4.78 is 0. The SMILES string of the molecule is NC(=O)c1n[c]c2c(n1)CN(Cc1ccc(Cl)cc1)CC2. The van der Waals surface area contributed by atoms with E-state index < -0.39 is 5.91 Å². The van der Waals surface area contributed by atoms with Crippen LogP contribution in [0.25, 0.3) is 0 Å². The van der Waals surface area contributed by atoms with Crippen LogP contribution in [0.1, 0.15) is 27.4 Å². The molecule has 0 unspecified atom stereocenters. The molecule has 2 N–H and O–H groups in total. The molecule has 0 spiro atoms. The Morgan fingerprint density at radius 2 is 2.14 bits per heavy atom. The molecule has 21 heavy (non-hydrogen) atoms. The second-order valence-electron chi connectivity index (χ2n) is 5.04. The van der Waals surface area contributed by atoms with E-state index in [9.17, 15) is 4.79 Å². The fourth-order valence-corrected chi connectivity index (χ4v) is 2.52. The summed E-state index contributed by atoms with van der Waals surface area (Å²) >= 11 is 5.89. The van der Waals surface area contributed by atoms with Crippen LogP contribution in [-0.4, -0.2) is 27.3 Å². The first-order valence-corrected chi connectivity index (χ1v) is 7.03. The Morgan fingerprint density at radius 1 is 1.38 bits per heavy atom. The largest absolute Gasteiger partial charge is 0.363 e. The van der Waals surface area contributed by atoms with Crippen molar-refractivity contribution < 1.29 is 4.79 Å². The monoisotopic (exact) mass is 301 g/mol. The predicted octanol–water partition coefficient (Wildman–Crippen LogP) is 1.59. The minimum atomic E-state index is -0.621. The lowest BCUT2D eigenvalue weighted by molar-refractivity contribution is 0.0989. The van der Waals surface area contributed by atoms with Crippen molar-refractivity contribution in [2.45, 2.75) is 19.5 Å². The standard InChI is InChI=1S/C15H14ClN4O/c16-12-3-1-10(2-4-12)8-20-6-5-11-7-18-15(14(17)21)19-13(11)9-20/h1-4H,5-6,8-9H2,(H2,17,21). The molecule has 0 fully saturated rings. The van der Waals surface area contributed by atoms with Crippen LogP contribution in [0.3, 0.4) is 0 Å². The zero-order valence-corrected chi connectivity index (χ0v) is 12.1. The van der Waals surface area contributed by atoms with E-state index in [1.54, 1.807) is 0 Å². The van der Waals surface area contributed by atoms with Gasteiger partial charge in [-0.25, -0.2) is 9.97 Å². The first-order chi connectivity index (χ1) is 10.1. The van der Waals surface area contributed by atoms with E-state index in [4.69, 9.17) is 17.3 Å². The van der Waals surface area contributed by atoms with Crippen LogP contribution in [0, 0.1) is 6.20 Å². The maximum Gasteiger partial charge on any atom is 0.286 e. The Hall–Kier alpha value is -1.98. The number of hydrogen-bond donors (Lipinski definition) is 1. The van der Waals surface area contributed by atoms with Crippen molar-refractivity contribution in [2.75, 3.05) is 6.54 Å². The maximum atomic E-state index is 11.1. The molecular weight excluding hydrogens is 288 g/mol. The second kappa shape index (κ2) is 5.79. The van der Waals surface area contributed by atoms with Crippen LogP contribution in [0.4, 0.5) is 0 Å². The van der Waals surface area contributed by atoms with Crippen molar-refractivity contribution >= 4 is 17.5 Å². The van der Waals surface area contributed by atoms with Crippen LogP contribution in [0.2, 0.25) is 5.02 Å². The highest BCUT2D eigenvalue weighted by molar-refractivity contribution is 6.30. The zero-order valence-electron chi connectivity index (χ0n) is 11.3. The van der Waals surface area contributed by atoms with Crippen molar-refractivity contribution in [2.24, 2.45) is 5.73 Å². The molecule has 5 nitrogen and oxygen atoms in total. The normalized spacial score (nSPS) is 14.7. The number of benzene rings is 1. The van der Waals surface area contributed by atoms with Crippen molar-refractivity contribution in [3.05, 3.63) is 58.1 Å². The lowest BCUT2D eigenvalue weighted by Crippen LogP contribution is -2.32. The average molecular weight is 302 g/mol. The van der Waals surface area contributed by atoms with Crippen molar-refractivity contribution in [1.29, 1.82) is 0 Å². The van der Waals surface area contributed by atoms with Crippen LogP contribution in [0.5, 0.6) is 0 Å². The van der Waals surface area contributed by atoms with Gasteiger partial charge in [-0.15, -0.1) is 0 Å². The van der Waals surface area contributed by atoms with E-state index in [1.165, 1.54) is 5.56 Å². The first-order valence-electron chi connectivity index (χ1n) is 6.66. The molecule has 1 amide bonds. The molecule has 0 bridgehead atoms. The molecule has 2 heterocycles. The summed E-state index contributed by atoms with van der Waals surface area (Å²) in [5.74, 6) is -0.592. The lowest BCUT2D eigenvalue weighted by atomic mass is 10.1. The topological polar surface area (TPSA) is 72.1 Å². The third kappa shape index (κ3) is 3.20. The lowest BCUT2D eigenvalue weighted by Gasteiger charge is -2.27. The van der Waals surface area contributed by atoms with Gasteiger partial charge in [-0.2, -0.15) is 0 Å². The molecular formula is C15H14ClN4O. The molecule has 1 aromatic carbocycles. The Morgan fingerprint density at radius 3 is 2.86 bits per heavy atom. The van der Waals surface area contributed by atoms with Crippen LogP contribution in [-0.2, 0) is 19.5 Å². The third-order valence-electron chi connectivity index (χ3n) is 3.48. The molecule has 1 aliphatic heterocycles. The molecule has 0 saturated heterocycles. The molecule has 0 aliphatic carbocycles. The summed E-state index contributed by atoms with van der Waals surface area (Å²) in [7, 11) is 0. The Kier molecular flexibility index (Phi) is 3.86. The summed E-state index contributed by atoms with van der Waals surface area (Å²) in [4.78, 5) is 21.5. The number of rotatable bonds is 3. The number of primary amides is 1. The summed E-state index contributed by atoms with van der Waals surface area (Å²) in [6.45, 7) is 2.38. The molecule has 0 atom stereocenters. The average Bonchev–Trinajstić information content (AvgIpc) is 2.49. The van der Waals surface area contributed by atoms with Gasteiger partial charge in [0.1, 0.15) is 0 Å².